The molecule has 0 bridgehead atoms. The minimum absolute atomic E-state index is 0. The second kappa shape index (κ2) is 9.65. The van der Waals surface area contributed by atoms with E-state index in [1.54, 1.807) is 13.1 Å². The maximum atomic E-state index is 13.0. The van der Waals surface area contributed by atoms with Crippen molar-refractivity contribution in [3.63, 3.8) is 0 Å². The number of piperidine rings is 1. The van der Waals surface area contributed by atoms with Crippen molar-refractivity contribution in [2.45, 2.75) is 50.3 Å². The van der Waals surface area contributed by atoms with E-state index in [0.29, 0.717) is 12.6 Å². The number of benzene rings is 1. The molecule has 28 heavy (non-hydrogen) atoms. The zero-order valence-corrected chi connectivity index (χ0v) is 18.7. The summed E-state index contributed by atoms with van der Waals surface area (Å²) in [6.07, 6.45) is -0.277. The maximum absolute atomic E-state index is 13.0. The van der Waals surface area contributed by atoms with Crippen LogP contribution in [-0.2, 0) is 16.3 Å². The van der Waals surface area contributed by atoms with Gasteiger partial charge in [-0.25, -0.2) is 0 Å². The number of likely N-dealkylation sites (tertiary alicyclic amines) is 1. The number of rotatable bonds is 5. The normalized spacial score (nSPS) is 19.9. The Labute approximate surface area is 181 Å². The van der Waals surface area contributed by atoms with Crippen LogP contribution in [0.3, 0.4) is 0 Å². The molecule has 0 spiro atoms. The van der Waals surface area contributed by atoms with E-state index in [0.717, 1.165) is 63.0 Å². The molecule has 2 fully saturated rings. The third kappa shape index (κ3) is 5.52. The predicted octanol–water partition coefficient (Wildman–Crippen LogP) is 4.43. The van der Waals surface area contributed by atoms with E-state index in [2.05, 4.69) is 15.2 Å². The summed E-state index contributed by atoms with van der Waals surface area (Å²) in [5, 5.41) is 3.40. The number of aliphatic imine (C=N–C) groups is 1. The number of ether oxygens (including phenoxy) is 1. The Bertz CT molecular complexity index is 669. The van der Waals surface area contributed by atoms with Gasteiger partial charge in [-0.1, -0.05) is 18.2 Å². The number of nitrogens with one attached hydrogen (secondary N) is 1. The number of guanidine groups is 1. The molecule has 0 unspecified atom stereocenters. The monoisotopic (exact) mass is 511 g/mol. The number of hydrogen-bond donors (Lipinski definition) is 1. The topological polar surface area (TPSA) is 36.9 Å². The van der Waals surface area contributed by atoms with E-state index in [1.807, 2.05) is 6.92 Å². The van der Waals surface area contributed by atoms with Crippen molar-refractivity contribution in [3.05, 3.63) is 35.4 Å². The number of hydrogen-bond acceptors (Lipinski definition) is 2. The van der Waals surface area contributed by atoms with Crippen LogP contribution in [0.25, 0.3) is 0 Å². The van der Waals surface area contributed by atoms with E-state index < -0.39 is 11.7 Å². The third-order valence-corrected chi connectivity index (χ3v) is 5.60. The van der Waals surface area contributed by atoms with Crippen molar-refractivity contribution >= 4 is 29.9 Å². The van der Waals surface area contributed by atoms with Crippen LogP contribution in [0.5, 0.6) is 0 Å². The minimum Gasteiger partial charge on any atom is -0.378 e. The number of nitrogens with zero attached hydrogens (tertiary/aromatic N) is 2. The first-order valence-electron chi connectivity index (χ1n) is 9.63. The van der Waals surface area contributed by atoms with Crippen LogP contribution >= 0.6 is 24.0 Å². The van der Waals surface area contributed by atoms with Gasteiger partial charge in [0.2, 0.25) is 0 Å². The zero-order valence-electron chi connectivity index (χ0n) is 16.4. The molecule has 4 nitrogen and oxygen atoms in total. The van der Waals surface area contributed by atoms with Gasteiger partial charge in [-0.05, 0) is 44.2 Å². The smallest absolute Gasteiger partial charge is 0.378 e. The Balaban J connectivity index is 0.00000280. The van der Waals surface area contributed by atoms with Gasteiger partial charge in [0.1, 0.15) is 0 Å². The van der Waals surface area contributed by atoms with Crippen molar-refractivity contribution < 1.29 is 17.9 Å². The van der Waals surface area contributed by atoms with Gasteiger partial charge in [0, 0.05) is 38.7 Å². The lowest BCUT2D eigenvalue weighted by Crippen LogP contribution is -2.48. The predicted molar refractivity (Wildman–Crippen MR) is 115 cm³/mol. The molecule has 1 aliphatic heterocycles. The lowest BCUT2D eigenvalue weighted by atomic mass is 9.94. The highest BCUT2D eigenvalue weighted by atomic mass is 127. The van der Waals surface area contributed by atoms with Crippen LogP contribution in [0.1, 0.15) is 43.7 Å². The quantitative estimate of drug-likeness (QED) is 0.361. The molecule has 1 aromatic rings. The Hall–Kier alpha value is -1.03. The highest BCUT2D eigenvalue weighted by Crippen LogP contribution is 2.48. The van der Waals surface area contributed by atoms with Crippen molar-refractivity contribution in [2.75, 3.05) is 33.3 Å². The molecule has 2 aliphatic rings. The Morgan fingerprint density at radius 1 is 1.29 bits per heavy atom. The number of halogens is 4. The largest absolute Gasteiger partial charge is 0.416 e. The molecule has 1 N–H and O–H groups in total. The van der Waals surface area contributed by atoms with Crippen LogP contribution in [-0.4, -0.2) is 50.3 Å². The van der Waals surface area contributed by atoms with Crippen LogP contribution in [0.15, 0.2) is 29.3 Å². The molecule has 0 atom stereocenters. The Kier molecular flexibility index (Phi) is 8.01. The average molecular weight is 511 g/mol. The highest BCUT2D eigenvalue weighted by Gasteiger charge is 2.45. The summed E-state index contributed by atoms with van der Waals surface area (Å²) in [4.78, 5) is 6.58. The van der Waals surface area contributed by atoms with Crippen molar-refractivity contribution in [3.8, 4) is 0 Å². The molecular formula is C20H29F3IN3O. The fourth-order valence-electron chi connectivity index (χ4n) is 3.79. The first-order chi connectivity index (χ1) is 12.9. The molecule has 8 heteroatoms. The second-order valence-corrected chi connectivity index (χ2v) is 7.40. The SMILES string of the molecule is CCOC1CCN(C(=NC)NCC2(c3cccc(C(F)(F)F)c3)CC2)CC1.I. The highest BCUT2D eigenvalue weighted by molar-refractivity contribution is 14.0. The number of alkyl halides is 3. The fourth-order valence-corrected chi connectivity index (χ4v) is 3.79. The van der Waals surface area contributed by atoms with E-state index in [-0.39, 0.29) is 29.4 Å². The molecule has 1 heterocycles. The summed E-state index contributed by atoms with van der Waals surface area (Å²) in [6.45, 7) is 5.10. The van der Waals surface area contributed by atoms with E-state index in [4.69, 9.17) is 4.74 Å². The van der Waals surface area contributed by atoms with Crippen molar-refractivity contribution in [2.24, 2.45) is 4.99 Å². The summed E-state index contributed by atoms with van der Waals surface area (Å²) < 4.78 is 44.8. The third-order valence-electron chi connectivity index (χ3n) is 5.60. The lowest BCUT2D eigenvalue weighted by molar-refractivity contribution is -0.137. The average Bonchev–Trinajstić information content (AvgIpc) is 3.44. The molecule has 1 saturated heterocycles. The second-order valence-electron chi connectivity index (χ2n) is 7.40. The first kappa shape index (κ1) is 23.3. The van der Waals surface area contributed by atoms with Gasteiger partial charge in [-0.2, -0.15) is 13.2 Å². The molecule has 0 radical (unpaired) electrons. The summed E-state index contributed by atoms with van der Waals surface area (Å²) in [6, 6.07) is 5.74. The Morgan fingerprint density at radius 2 is 1.96 bits per heavy atom. The van der Waals surface area contributed by atoms with Gasteiger partial charge in [0.15, 0.2) is 5.96 Å². The minimum atomic E-state index is -4.31. The molecule has 0 aromatic heterocycles. The molecular weight excluding hydrogens is 482 g/mol. The van der Waals surface area contributed by atoms with Gasteiger partial charge >= 0.3 is 6.18 Å². The molecule has 1 aromatic carbocycles. The molecule has 0 amide bonds. The van der Waals surface area contributed by atoms with Crippen LogP contribution in [0.2, 0.25) is 0 Å². The van der Waals surface area contributed by atoms with Gasteiger partial charge in [-0.15, -0.1) is 24.0 Å². The van der Waals surface area contributed by atoms with E-state index in [9.17, 15) is 13.2 Å². The first-order valence-corrected chi connectivity index (χ1v) is 9.63. The zero-order chi connectivity index (χ0) is 19.5. The van der Waals surface area contributed by atoms with E-state index >= 15 is 0 Å². The fraction of sp³-hybridized carbons (Fsp3) is 0.650. The van der Waals surface area contributed by atoms with E-state index in [1.165, 1.54) is 12.1 Å². The summed E-state index contributed by atoms with van der Waals surface area (Å²) in [7, 11) is 1.75. The maximum Gasteiger partial charge on any atom is 0.416 e. The standard InChI is InChI=1S/C20H28F3N3O.HI/c1-3-27-17-7-11-26(12-8-17)18(24-2)25-14-19(9-10-19)15-5-4-6-16(13-15)20(21,22)23;/h4-6,13,17H,3,7-12,14H2,1-2H3,(H,24,25);1H. The van der Waals surface area contributed by atoms with Gasteiger partial charge in [0.05, 0.1) is 11.7 Å². The van der Waals surface area contributed by atoms with Crippen molar-refractivity contribution in [1.82, 2.24) is 10.2 Å². The van der Waals surface area contributed by atoms with Gasteiger partial charge < -0.3 is 15.0 Å². The summed E-state index contributed by atoms with van der Waals surface area (Å²) in [5.41, 5.74) is -0.0371. The van der Waals surface area contributed by atoms with Crippen LogP contribution in [0.4, 0.5) is 13.2 Å². The van der Waals surface area contributed by atoms with Crippen molar-refractivity contribution in [1.29, 1.82) is 0 Å². The van der Waals surface area contributed by atoms with Crippen LogP contribution in [0, 0.1) is 0 Å². The van der Waals surface area contributed by atoms with Crippen LogP contribution < -0.4 is 5.32 Å². The molecule has 3 rings (SSSR count). The van der Waals surface area contributed by atoms with Gasteiger partial charge in [0.25, 0.3) is 0 Å². The summed E-state index contributed by atoms with van der Waals surface area (Å²) >= 11 is 0. The summed E-state index contributed by atoms with van der Waals surface area (Å²) in [5.74, 6) is 0.822. The molecule has 1 aliphatic carbocycles. The molecule has 1 saturated carbocycles. The molecule has 158 valence electrons. The Morgan fingerprint density at radius 3 is 2.50 bits per heavy atom. The lowest BCUT2D eigenvalue weighted by Gasteiger charge is -2.34. The van der Waals surface area contributed by atoms with Gasteiger partial charge in [-0.3, -0.25) is 4.99 Å².